The zero-order valence-corrected chi connectivity index (χ0v) is 8.40. The number of aromatic nitrogens is 2. The Kier molecular flexibility index (Phi) is 4.28. The normalized spacial score (nSPS) is 12.5. The molecule has 0 aromatic carbocycles. The van der Waals surface area contributed by atoms with Crippen molar-refractivity contribution in [2.75, 3.05) is 25.6 Å². The smallest absolute Gasteiger partial charge is 0.129 e. The van der Waals surface area contributed by atoms with Crippen LogP contribution in [0.25, 0.3) is 0 Å². The van der Waals surface area contributed by atoms with E-state index in [2.05, 4.69) is 15.3 Å². The van der Waals surface area contributed by atoms with Gasteiger partial charge in [0.05, 0.1) is 12.7 Å². The van der Waals surface area contributed by atoms with Gasteiger partial charge < -0.3 is 15.2 Å². The number of aliphatic hydroxyl groups is 1. The van der Waals surface area contributed by atoms with Crippen molar-refractivity contribution in [2.24, 2.45) is 0 Å². The Morgan fingerprint density at radius 3 is 3.00 bits per heavy atom. The fraction of sp³-hybridized carbons (Fsp3) is 0.556. The second-order valence-electron chi connectivity index (χ2n) is 3.03. The third-order valence-corrected chi connectivity index (χ3v) is 1.68. The summed E-state index contributed by atoms with van der Waals surface area (Å²) >= 11 is 0. The first-order valence-electron chi connectivity index (χ1n) is 4.42. The summed E-state index contributed by atoms with van der Waals surface area (Å²) in [6.45, 7) is 2.62. The van der Waals surface area contributed by atoms with Gasteiger partial charge in [-0.25, -0.2) is 9.97 Å². The predicted octanol–water partition coefficient (Wildman–Crippen LogP) is 0.204. The Hall–Kier alpha value is -1.20. The lowest BCUT2D eigenvalue weighted by Gasteiger charge is -2.10. The summed E-state index contributed by atoms with van der Waals surface area (Å²) in [7, 11) is 1.55. The number of nitrogens with one attached hydrogen (secondary N) is 1. The molecule has 14 heavy (non-hydrogen) atoms. The van der Waals surface area contributed by atoms with Crippen LogP contribution in [0.15, 0.2) is 12.4 Å². The Labute approximate surface area is 83.2 Å². The molecule has 2 N–H and O–H groups in total. The summed E-state index contributed by atoms with van der Waals surface area (Å²) in [4.78, 5) is 7.96. The molecular weight excluding hydrogens is 182 g/mol. The number of ether oxygens (including phenoxy) is 1. The van der Waals surface area contributed by atoms with Crippen molar-refractivity contribution < 1.29 is 9.84 Å². The number of rotatable bonds is 5. The summed E-state index contributed by atoms with van der Waals surface area (Å²) in [6.07, 6.45) is 0.968. The van der Waals surface area contributed by atoms with Gasteiger partial charge in [-0.05, 0) is 6.92 Å². The van der Waals surface area contributed by atoms with Gasteiger partial charge in [-0.1, -0.05) is 0 Å². The molecule has 1 aromatic heterocycles. The van der Waals surface area contributed by atoms with Gasteiger partial charge in [0.25, 0.3) is 0 Å². The quantitative estimate of drug-likeness (QED) is 0.706. The number of methoxy groups -OCH3 is 1. The maximum absolute atomic E-state index is 9.35. The molecule has 0 aliphatic heterocycles. The van der Waals surface area contributed by atoms with E-state index in [1.165, 1.54) is 6.33 Å². The Balaban J connectivity index is 2.37. The van der Waals surface area contributed by atoms with E-state index < -0.39 is 6.10 Å². The van der Waals surface area contributed by atoms with E-state index in [1.807, 2.05) is 13.0 Å². The fourth-order valence-corrected chi connectivity index (χ4v) is 1.02. The molecule has 1 unspecified atom stereocenters. The van der Waals surface area contributed by atoms with Crippen molar-refractivity contribution in [1.82, 2.24) is 9.97 Å². The van der Waals surface area contributed by atoms with Crippen molar-refractivity contribution in [3.63, 3.8) is 0 Å². The Morgan fingerprint density at radius 2 is 2.36 bits per heavy atom. The lowest BCUT2D eigenvalue weighted by atomic mass is 10.3. The number of aryl methyl sites for hydroxylation is 1. The summed E-state index contributed by atoms with van der Waals surface area (Å²) in [5.74, 6) is 0.715. The first kappa shape index (κ1) is 10.9. The molecule has 1 heterocycles. The highest BCUT2D eigenvalue weighted by atomic mass is 16.5. The van der Waals surface area contributed by atoms with Gasteiger partial charge >= 0.3 is 0 Å². The first-order chi connectivity index (χ1) is 6.72. The molecule has 0 saturated carbocycles. The van der Waals surface area contributed by atoms with E-state index in [0.717, 1.165) is 5.69 Å². The molecule has 0 amide bonds. The van der Waals surface area contributed by atoms with Crippen molar-refractivity contribution in [3.05, 3.63) is 18.1 Å². The van der Waals surface area contributed by atoms with Crippen LogP contribution in [0.5, 0.6) is 0 Å². The molecule has 5 heteroatoms. The Bertz CT molecular complexity index is 281. The Morgan fingerprint density at radius 1 is 1.57 bits per heavy atom. The fourth-order valence-electron chi connectivity index (χ4n) is 1.02. The van der Waals surface area contributed by atoms with Gasteiger partial charge in [0.15, 0.2) is 0 Å². The van der Waals surface area contributed by atoms with Crippen LogP contribution in [-0.4, -0.2) is 41.4 Å². The summed E-state index contributed by atoms with van der Waals surface area (Å²) in [5, 5.41) is 12.3. The molecule has 0 saturated heterocycles. The third-order valence-electron chi connectivity index (χ3n) is 1.68. The molecule has 0 radical (unpaired) electrons. The molecule has 0 aliphatic carbocycles. The molecule has 78 valence electrons. The minimum atomic E-state index is -0.518. The molecule has 1 aromatic rings. The number of aliphatic hydroxyl groups excluding tert-OH is 1. The van der Waals surface area contributed by atoms with Crippen molar-refractivity contribution in [3.8, 4) is 0 Å². The lowest BCUT2D eigenvalue weighted by molar-refractivity contribution is 0.0727. The number of hydrogen-bond donors (Lipinski definition) is 2. The van der Waals surface area contributed by atoms with Crippen LogP contribution in [0.2, 0.25) is 0 Å². The van der Waals surface area contributed by atoms with E-state index in [-0.39, 0.29) is 0 Å². The van der Waals surface area contributed by atoms with Crippen LogP contribution in [0, 0.1) is 6.92 Å². The van der Waals surface area contributed by atoms with E-state index in [4.69, 9.17) is 4.74 Å². The predicted molar refractivity (Wildman–Crippen MR) is 53.1 cm³/mol. The van der Waals surface area contributed by atoms with Crippen LogP contribution in [0.4, 0.5) is 5.82 Å². The number of nitrogens with zero attached hydrogens (tertiary/aromatic N) is 2. The van der Waals surface area contributed by atoms with Gasteiger partial charge in [0, 0.05) is 25.4 Å². The highest BCUT2D eigenvalue weighted by Crippen LogP contribution is 2.02. The zero-order valence-electron chi connectivity index (χ0n) is 8.40. The van der Waals surface area contributed by atoms with Crippen LogP contribution in [-0.2, 0) is 4.74 Å². The van der Waals surface area contributed by atoms with Gasteiger partial charge in [0.2, 0.25) is 0 Å². The minimum absolute atomic E-state index is 0.317. The van der Waals surface area contributed by atoms with Crippen molar-refractivity contribution in [1.29, 1.82) is 0 Å². The molecule has 5 nitrogen and oxygen atoms in total. The summed E-state index contributed by atoms with van der Waals surface area (Å²) in [6, 6.07) is 1.82. The van der Waals surface area contributed by atoms with E-state index >= 15 is 0 Å². The van der Waals surface area contributed by atoms with E-state index in [0.29, 0.717) is 19.0 Å². The zero-order chi connectivity index (χ0) is 10.4. The molecule has 0 fully saturated rings. The molecule has 1 rings (SSSR count). The maximum atomic E-state index is 9.35. The average molecular weight is 197 g/mol. The lowest BCUT2D eigenvalue weighted by Crippen LogP contribution is -2.24. The summed E-state index contributed by atoms with van der Waals surface area (Å²) in [5.41, 5.74) is 0.892. The second-order valence-corrected chi connectivity index (χ2v) is 3.03. The standard InChI is InChI=1S/C9H15N3O2/c1-7-3-9(12-6-11-7)10-4-8(13)5-14-2/h3,6,8,13H,4-5H2,1-2H3,(H,10,11,12). The van der Waals surface area contributed by atoms with Crippen LogP contribution >= 0.6 is 0 Å². The molecule has 0 aliphatic rings. The highest BCUT2D eigenvalue weighted by molar-refractivity contribution is 5.34. The largest absolute Gasteiger partial charge is 0.389 e. The maximum Gasteiger partial charge on any atom is 0.129 e. The van der Waals surface area contributed by atoms with E-state index in [9.17, 15) is 5.11 Å². The molecule has 0 bridgehead atoms. The van der Waals surface area contributed by atoms with Gasteiger partial charge in [-0.3, -0.25) is 0 Å². The SMILES string of the molecule is COCC(O)CNc1cc(C)ncn1. The van der Waals surface area contributed by atoms with Gasteiger partial charge in [0.1, 0.15) is 12.1 Å². The summed E-state index contributed by atoms with van der Waals surface area (Å²) < 4.78 is 4.79. The van der Waals surface area contributed by atoms with E-state index in [1.54, 1.807) is 7.11 Å². The number of anilines is 1. The monoisotopic (exact) mass is 197 g/mol. The topological polar surface area (TPSA) is 67.3 Å². The van der Waals surface area contributed by atoms with Crippen LogP contribution in [0.1, 0.15) is 5.69 Å². The average Bonchev–Trinajstić information content (AvgIpc) is 2.15. The second kappa shape index (κ2) is 5.51. The van der Waals surface area contributed by atoms with Crippen molar-refractivity contribution >= 4 is 5.82 Å². The molecule has 0 spiro atoms. The van der Waals surface area contributed by atoms with Gasteiger partial charge in [-0.15, -0.1) is 0 Å². The molecular formula is C9H15N3O2. The minimum Gasteiger partial charge on any atom is -0.389 e. The van der Waals surface area contributed by atoms with Crippen LogP contribution in [0.3, 0.4) is 0 Å². The number of hydrogen-bond acceptors (Lipinski definition) is 5. The third kappa shape index (κ3) is 3.68. The van der Waals surface area contributed by atoms with Crippen LogP contribution < -0.4 is 5.32 Å². The first-order valence-corrected chi connectivity index (χ1v) is 4.42. The molecule has 1 atom stereocenters. The highest BCUT2D eigenvalue weighted by Gasteiger charge is 2.03. The van der Waals surface area contributed by atoms with Gasteiger partial charge in [-0.2, -0.15) is 0 Å². The van der Waals surface area contributed by atoms with Crippen molar-refractivity contribution in [2.45, 2.75) is 13.0 Å².